The van der Waals surface area contributed by atoms with Crippen LogP contribution in [0, 0.1) is 6.92 Å². The van der Waals surface area contributed by atoms with Crippen LogP contribution in [0.15, 0.2) is 36.7 Å². The van der Waals surface area contributed by atoms with Crippen molar-refractivity contribution in [1.82, 2.24) is 9.97 Å². The van der Waals surface area contributed by atoms with Crippen molar-refractivity contribution in [3.05, 3.63) is 53.6 Å². The second-order valence-electron chi connectivity index (χ2n) is 4.85. The van der Waals surface area contributed by atoms with E-state index >= 15 is 0 Å². The molecule has 0 amide bonds. The van der Waals surface area contributed by atoms with E-state index in [1.54, 1.807) is 12.4 Å². The third-order valence-corrected chi connectivity index (χ3v) is 3.39. The van der Waals surface area contributed by atoms with Crippen molar-refractivity contribution in [3.8, 4) is 5.75 Å². The third kappa shape index (κ3) is 3.68. The largest absolute Gasteiger partial charge is 0.547 e. The number of nitrogens with two attached hydrogens (primary N) is 1. The van der Waals surface area contributed by atoms with Gasteiger partial charge in [0, 0.05) is 17.5 Å². The first-order valence-corrected chi connectivity index (χ1v) is 9.36. The van der Waals surface area contributed by atoms with Crippen LogP contribution in [0.2, 0.25) is 13.1 Å². The van der Waals surface area contributed by atoms with Gasteiger partial charge >= 0.3 is 0 Å². The molecular weight excluding hydrogens is 266 g/mol. The summed E-state index contributed by atoms with van der Waals surface area (Å²) in [6, 6.07) is 7.81. The van der Waals surface area contributed by atoms with Crippen LogP contribution in [-0.4, -0.2) is 19.0 Å². The highest BCUT2D eigenvalue weighted by molar-refractivity contribution is 6.49. The van der Waals surface area contributed by atoms with E-state index in [9.17, 15) is 0 Å². The van der Waals surface area contributed by atoms with E-state index in [1.807, 2.05) is 37.3 Å². The molecule has 0 atom stereocenters. The molecule has 1 aromatic heterocycles. The van der Waals surface area contributed by atoms with Crippen molar-refractivity contribution in [1.29, 1.82) is 0 Å². The summed E-state index contributed by atoms with van der Waals surface area (Å²) in [4.78, 5) is 8.49. The molecule has 0 spiro atoms. The molecule has 5 heteroatoms. The van der Waals surface area contributed by atoms with E-state index in [-0.39, 0.29) is 0 Å². The van der Waals surface area contributed by atoms with Gasteiger partial charge < -0.3 is 10.2 Å². The van der Waals surface area contributed by atoms with Crippen LogP contribution in [0.25, 0.3) is 11.8 Å². The molecule has 0 aliphatic carbocycles. The van der Waals surface area contributed by atoms with Crippen LogP contribution in [0.4, 0.5) is 0 Å². The standard InChI is InChI=1S/C15H19N3OSi/c1-11-9-18-12(10-17-11)8-14(16)13-6-4-5-7-15(13)19-20(2)3/h4-10,20H,16H2,1-3H3/b14-8-. The highest BCUT2D eigenvalue weighted by atomic mass is 28.3. The first kappa shape index (κ1) is 14.3. The molecule has 1 aromatic carbocycles. The fourth-order valence-electron chi connectivity index (χ4n) is 1.78. The van der Waals surface area contributed by atoms with Gasteiger partial charge in [-0.1, -0.05) is 12.1 Å². The average molecular weight is 285 g/mol. The fourth-order valence-corrected chi connectivity index (χ4v) is 2.49. The van der Waals surface area contributed by atoms with Crippen molar-refractivity contribution in [2.24, 2.45) is 5.73 Å². The summed E-state index contributed by atoms with van der Waals surface area (Å²) in [5.41, 5.74) is 9.33. The molecule has 0 aliphatic rings. The maximum atomic E-state index is 6.17. The molecule has 0 aliphatic heterocycles. The molecule has 1 heterocycles. The Bertz CT molecular complexity index is 609. The number of para-hydroxylation sites is 1. The SMILES string of the molecule is Cc1cnc(/C=C(\N)c2ccccc2O[SiH](C)C)cn1. The Morgan fingerprint density at radius 3 is 2.60 bits per heavy atom. The van der Waals surface area contributed by atoms with Gasteiger partial charge in [0.2, 0.25) is 9.04 Å². The number of nitrogens with zero attached hydrogens (tertiary/aromatic N) is 2. The maximum Gasteiger partial charge on any atom is 0.229 e. The summed E-state index contributed by atoms with van der Waals surface area (Å²) in [5.74, 6) is 0.836. The summed E-state index contributed by atoms with van der Waals surface area (Å²) < 4.78 is 5.91. The van der Waals surface area contributed by atoms with Gasteiger partial charge in [-0.2, -0.15) is 0 Å². The lowest BCUT2D eigenvalue weighted by molar-refractivity contribution is 0.578. The van der Waals surface area contributed by atoms with Crippen LogP contribution < -0.4 is 10.2 Å². The van der Waals surface area contributed by atoms with E-state index in [4.69, 9.17) is 10.2 Å². The van der Waals surface area contributed by atoms with Crippen molar-refractivity contribution >= 4 is 20.8 Å². The molecule has 0 fully saturated rings. The molecule has 2 aromatic rings. The van der Waals surface area contributed by atoms with E-state index in [0.29, 0.717) is 5.70 Å². The van der Waals surface area contributed by atoms with Crippen LogP contribution in [0.1, 0.15) is 17.0 Å². The Morgan fingerprint density at radius 2 is 1.95 bits per heavy atom. The zero-order valence-electron chi connectivity index (χ0n) is 12.0. The number of aromatic nitrogens is 2. The van der Waals surface area contributed by atoms with Gasteiger partial charge in [0.25, 0.3) is 0 Å². The van der Waals surface area contributed by atoms with Crippen LogP contribution >= 0.6 is 0 Å². The Morgan fingerprint density at radius 1 is 1.20 bits per heavy atom. The van der Waals surface area contributed by atoms with Crippen molar-refractivity contribution in [2.45, 2.75) is 20.0 Å². The summed E-state index contributed by atoms with van der Waals surface area (Å²) in [7, 11) is -1.17. The van der Waals surface area contributed by atoms with Crippen molar-refractivity contribution in [2.75, 3.05) is 0 Å². The first-order chi connectivity index (χ1) is 9.56. The minimum absolute atomic E-state index is 0.633. The molecule has 20 heavy (non-hydrogen) atoms. The molecular formula is C15H19N3OSi. The number of benzene rings is 1. The average Bonchev–Trinajstić information content (AvgIpc) is 2.41. The zero-order valence-corrected chi connectivity index (χ0v) is 13.2. The topological polar surface area (TPSA) is 61.0 Å². The van der Waals surface area contributed by atoms with Crippen molar-refractivity contribution < 1.29 is 4.43 Å². The second-order valence-corrected chi connectivity index (χ2v) is 7.18. The van der Waals surface area contributed by atoms with E-state index in [0.717, 1.165) is 22.7 Å². The van der Waals surface area contributed by atoms with Gasteiger partial charge in [-0.3, -0.25) is 9.97 Å². The molecule has 0 saturated carbocycles. The second kappa shape index (κ2) is 6.34. The molecule has 2 rings (SSSR count). The molecule has 0 radical (unpaired) electrons. The number of hydrogen-bond donors (Lipinski definition) is 1. The van der Waals surface area contributed by atoms with E-state index < -0.39 is 9.04 Å². The van der Waals surface area contributed by atoms with Crippen LogP contribution in [0.3, 0.4) is 0 Å². The van der Waals surface area contributed by atoms with E-state index in [2.05, 4.69) is 23.1 Å². The number of rotatable bonds is 4. The lowest BCUT2D eigenvalue weighted by Gasteiger charge is -2.14. The normalized spacial score (nSPS) is 11.7. The molecule has 2 N–H and O–H groups in total. The number of hydrogen-bond acceptors (Lipinski definition) is 4. The highest BCUT2D eigenvalue weighted by Gasteiger charge is 2.08. The summed E-state index contributed by atoms with van der Waals surface area (Å²) >= 11 is 0. The smallest absolute Gasteiger partial charge is 0.229 e. The molecule has 0 bridgehead atoms. The predicted octanol–water partition coefficient (Wildman–Crippen LogP) is 2.60. The monoisotopic (exact) mass is 285 g/mol. The maximum absolute atomic E-state index is 6.17. The molecule has 4 nitrogen and oxygen atoms in total. The minimum Gasteiger partial charge on any atom is -0.547 e. The molecule has 104 valence electrons. The molecule has 0 saturated heterocycles. The van der Waals surface area contributed by atoms with E-state index in [1.165, 1.54) is 0 Å². The quantitative estimate of drug-likeness (QED) is 0.877. The highest BCUT2D eigenvalue weighted by Crippen LogP contribution is 2.24. The Kier molecular flexibility index (Phi) is 4.52. The fraction of sp³-hybridized carbons (Fsp3) is 0.200. The summed E-state index contributed by atoms with van der Waals surface area (Å²) in [5, 5.41) is 0. The van der Waals surface area contributed by atoms with Gasteiger partial charge in [0.1, 0.15) is 5.75 Å². The van der Waals surface area contributed by atoms with Crippen LogP contribution in [-0.2, 0) is 0 Å². The summed E-state index contributed by atoms with van der Waals surface area (Å²) in [6.07, 6.45) is 5.25. The Hall–Kier alpha value is -2.14. The Balaban J connectivity index is 2.32. The predicted molar refractivity (Wildman–Crippen MR) is 84.8 cm³/mol. The van der Waals surface area contributed by atoms with Crippen molar-refractivity contribution in [3.63, 3.8) is 0 Å². The Labute approximate surface area is 121 Å². The number of aryl methyl sites for hydroxylation is 1. The zero-order chi connectivity index (χ0) is 14.5. The lowest BCUT2D eigenvalue weighted by Crippen LogP contribution is -2.13. The summed E-state index contributed by atoms with van der Waals surface area (Å²) in [6.45, 7) is 6.16. The van der Waals surface area contributed by atoms with Gasteiger partial charge in [-0.05, 0) is 38.2 Å². The lowest BCUT2D eigenvalue weighted by atomic mass is 10.1. The van der Waals surface area contributed by atoms with Gasteiger partial charge in [0.15, 0.2) is 0 Å². The van der Waals surface area contributed by atoms with Crippen LogP contribution in [0.5, 0.6) is 5.75 Å². The minimum atomic E-state index is -1.17. The first-order valence-electron chi connectivity index (χ1n) is 6.58. The third-order valence-electron chi connectivity index (χ3n) is 2.67. The van der Waals surface area contributed by atoms with Gasteiger partial charge in [-0.25, -0.2) is 0 Å². The van der Waals surface area contributed by atoms with Gasteiger partial charge in [-0.15, -0.1) is 0 Å². The molecule has 0 unspecified atom stereocenters. The van der Waals surface area contributed by atoms with Gasteiger partial charge in [0.05, 0.1) is 17.6 Å².